The van der Waals surface area contributed by atoms with Gasteiger partial charge in [-0.3, -0.25) is 10.1 Å². The van der Waals surface area contributed by atoms with Crippen molar-refractivity contribution in [2.24, 2.45) is 0 Å². The number of nitro groups is 1. The fourth-order valence-electron chi connectivity index (χ4n) is 1.15. The molecule has 0 fully saturated rings. The molecular formula is C9H10NO4. The molecule has 1 rings (SSSR count). The van der Waals surface area contributed by atoms with Gasteiger partial charge >= 0.3 is 5.69 Å². The van der Waals surface area contributed by atoms with Gasteiger partial charge in [0.2, 0.25) is 0 Å². The van der Waals surface area contributed by atoms with Crippen LogP contribution in [0.4, 0.5) is 5.69 Å². The van der Waals surface area contributed by atoms with Crippen LogP contribution in [0.15, 0.2) is 18.2 Å². The molecule has 0 unspecified atom stereocenters. The molecule has 1 radical (unpaired) electrons. The predicted molar refractivity (Wildman–Crippen MR) is 48.9 cm³/mol. The number of benzene rings is 1. The molecular weight excluding hydrogens is 186 g/mol. The van der Waals surface area contributed by atoms with E-state index in [1.807, 2.05) is 0 Å². The summed E-state index contributed by atoms with van der Waals surface area (Å²) < 4.78 is 4.85. The lowest BCUT2D eigenvalue weighted by Crippen LogP contribution is -1.96. The Bertz CT molecular complexity index is 338. The summed E-state index contributed by atoms with van der Waals surface area (Å²) in [5, 5.41) is 20.9. The molecule has 0 aromatic heterocycles. The minimum Gasteiger partial charge on any atom is -0.490 e. The number of hydrogen-bond acceptors (Lipinski definition) is 3. The lowest BCUT2D eigenvalue weighted by molar-refractivity contribution is -0.385. The third-order valence-electron chi connectivity index (χ3n) is 1.83. The van der Waals surface area contributed by atoms with Crippen molar-refractivity contribution in [3.63, 3.8) is 0 Å². The Morgan fingerprint density at radius 1 is 1.50 bits per heavy atom. The van der Waals surface area contributed by atoms with E-state index in [9.17, 15) is 15.2 Å². The molecule has 0 aliphatic rings. The van der Waals surface area contributed by atoms with Crippen LogP contribution in [0.1, 0.15) is 5.56 Å². The van der Waals surface area contributed by atoms with Gasteiger partial charge in [-0.25, -0.2) is 5.11 Å². The van der Waals surface area contributed by atoms with Crippen LogP contribution in [-0.2, 0) is 11.5 Å². The average Bonchev–Trinajstić information content (AvgIpc) is 2.17. The van der Waals surface area contributed by atoms with E-state index in [-0.39, 0.29) is 18.0 Å². The van der Waals surface area contributed by atoms with Crippen LogP contribution in [0, 0.1) is 10.1 Å². The first-order valence-electron chi connectivity index (χ1n) is 4.08. The van der Waals surface area contributed by atoms with Gasteiger partial charge in [-0.15, -0.1) is 0 Å². The highest BCUT2D eigenvalue weighted by molar-refractivity contribution is 5.48. The average molecular weight is 196 g/mol. The maximum atomic E-state index is 10.5. The van der Waals surface area contributed by atoms with Crippen LogP contribution >= 0.6 is 0 Å². The Hall–Kier alpha value is -1.62. The number of ether oxygens (including phenoxy) is 1. The Morgan fingerprint density at radius 3 is 2.71 bits per heavy atom. The van der Waals surface area contributed by atoms with Gasteiger partial charge in [0.25, 0.3) is 0 Å². The summed E-state index contributed by atoms with van der Waals surface area (Å²) in [6.45, 7) is -0.235. The number of hydrogen-bond donors (Lipinski definition) is 0. The second-order valence-corrected chi connectivity index (χ2v) is 2.72. The van der Waals surface area contributed by atoms with Crippen molar-refractivity contribution in [3.8, 4) is 5.75 Å². The highest BCUT2D eigenvalue weighted by Crippen LogP contribution is 2.27. The zero-order chi connectivity index (χ0) is 10.6. The van der Waals surface area contributed by atoms with E-state index in [0.717, 1.165) is 5.56 Å². The molecule has 0 aliphatic carbocycles. The van der Waals surface area contributed by atoms with Crippen LogP contribution in [0.25, 0.3) is 0 Å². The standard InChI is InChI=1S/C9H10NO4/c1-14-9-6-7(4-5-11)2-3-8(9)10(12)13/h2-3,6H,4-5H2,1H3. The van der Waals surface area contributed by atoms with E-state index in [4.69, 9.17) is 4.74 Å². The van der Waals surface area contributed by atoms with Crippen molar-refractivity contribution in [3.05, 3.63) is 33.9 Å². The first-order chi connectivity index (χ1) is 6.69. The zero-order valence-electron chi connectivity index (χ0n) is 7.73. The number of nitro benzene ring substituents is 1. The summed E-state index contributed by atoms with van der Waals surface area (Å²) in [6.07, 6.45) is 0.356. The van der Waals surface area contributed by atoms with Crippen LogP contribution in [0.5, 0.6) is 5.75 Å². The molecule has 75 valence electrons. The molecule has 0 saturated carbocycles. The molecule has 0 atom stereocenters. The summed E-state index contributed by atoms with van der Waals surface area (Å²) in [4.78, 5) is 10.00. The molecule has 0 amide bonds. The van der Waals surface area contributed by atoms with Crippen molar-refractivity contribution in [2.45, 2.75) is 6.42 Å². The smallest absolute Gasteiger partial charge is 0.310 e. The number of rotatable bonds is 4. The van der Waals surface area contributed by atoms with E-state index in [1.54, 1.807) is 6.07 Å². The second-order valence-electron chi connectivity index (χ2n) is 2.72. The molecule has 0 bridgehead atoms. The molecule has 0 spiro atoms. The first-order valence-corrected chi connectivity index (χ1v) is 4.08. The van der Waals surface area contributed by atoms with Crippen molar-refractivity contribution >= 4 is 5.69 Å². The van der Waals surface area contributed by atoms with E-state index >= 15 is 0 Å². The van der Waals surface area contributed by atoms with Crippen molar-refractivity contribution in [2.75, 3.05) is 13.7 Å². The minimum absolute atomic E-state index is 0.0813. The molecule has 5 nitrogen and oxygen atoms in total. The Morgan fingerprint density at radius 2 is 2.21 bits per heavy atom. The molecule has 1 aromatic carbocycles. The molecule has 5 heteroatoms. The van der Waals surface area contributed by atoms with E-state index < -0.39 is 4.92 Å². The third kappa shape index (κ3) is 2.20. The quantitative estimate of drug-likeness (QED) is 0.542. The van der Waals surface area contributed by atoms with Crippen molar-refractivity contribution in [1.29, 1.82) is 0 Å². The van der Waals surface area contributed by atoms with Crippen molar-refractivity contribution in [1.82, 2.24) is 0 Å². The number of nitrogens with zero attached hydrogens (tertiary/aromatic N) is 1. The van der Waals surface area contributed by atoms with Crippen LogP contribution in [0.2, 0.25) is 0 Å². The Kier molecular flexibility index (Phi) is 3.41. The van der Waals surface area contributed by atoms with Crippen LogP contribution < -0.4 is 4.74 Å². The zero-order valence-corrected chi connectivity index (χ0v) is 7.73. The summed E-state index contributed by atoms with van der Waals surface area (Å²) in [7, 11) is 1.36. The Labute approximate surface area is 81.1 Å². The SMILES string of the molecule is COc1cc(CC[O])ccc1[N+](=O)[O-]. The monoisotopic (exact) mass is 196 g/mol. The summed E-state index contributed by atoms with van der Waals surface area (Å²) in [5.41, 5.74) is 0.671. The fourth-order valence-corrected chi connectivity index (χ4v) is 1.15. The molecule has 0 N–H and O–H groups in total. The normalized spacial score (nSPS) is 9.86. The molecule has 0 aliphatic heterocycles. The maximum Gasteiger partial charge on any atom is 0.310 e. The van der Waals surface area contributed by atoms with Gasteiger partial charge in [0.1, 0.15) is 0 Å². The van der Waals surface area contributed by atoms with E-state index in [1.165, 1.54) is 19.2 Å². The first kappa shape index (κ1) is 10.5. The van der Waals surface area contributed by atoms with Crippen LogP contribution in [0.3, 0.4) is 0 Å². The number of methoxy groups -OCH3 is 1. The molecule has 1 aromatic rings. The topological polar surface area (TPSA) is 72.3 Å². The fraction of sp³-hybridized carbons (Fsp3) is 0.333. The second kappa shape index (κ2) is 4.57. The highest BCUT2D eigenvalue weighted by Gasteiger charge is 2.14. The lowest BCUT2D eigenvalue weighted by atomic mass is 10.1. The van der Waals surface area contributed by atoms with Gasteiger partial charge in [-0.05, 0) is 18.1 Å². The van der Waals surface area contributed by atoms with Gasteiger partial charge in [-0.2, -0.15) is 0 Å². The van der Waals surface area contributed by atoms with Gasteiger partial charge in [0.05, 0.1) is 18.6 Å². The van der Waals surface area contributed by atoms with Gasteiger partial charge in [0, 0.05) is 6.07 Å². The van der Waals surface area contributed by atoms with Gasteiger partial charge in [-0.1, -0.05) is 6.07 Å². The van der Waals surface area contributed by atoms with Gasteiger partial charge in [0.15, 0.2) is 5.75 Å². The molecule has 14 heavy (non-hydrogen) atoms. The molecule has 0 saturated heterocycles. The van der Waals surface area contributed by atoms with E-state index in [2.05, 4.69) is 0 Å². The van der Waals surface area contributed by atoms with Crippen LogP contribution in [-0.4, -0.2) is 18.6 Å². The predicted octanol–water partition coefficient (Wildman–Crippen LogP) is 1.58. The largest absolute Gasteiger partial charge is 0.490 e. The maximum absolute atomic E-state index is 10.5. The van der Waals surface area contributed by atoms with Gasteiger partial charge < -0.3 is 4.74 Å². The summed E-state index contributed by atoms with van der Waals surface area (Å²) in [5.74, 6) is 0.195. The third-order valence-corrected chi connectivity index (χ3v) is 1.83. The summed E-state index contributed by atoms with van der Waals surface area (Å²) in [6, 6.07) is 4.44. The minimum atomic E-state index is -0.514. The summed E-state index contributed by atoms with van der Waals surface area (Å²) >= 11 is 0. The Balaban J connectivity index is 3.05. The van der Waals surface area contributed by atoms with Crippen molar-refractivity contribution < 1.29 is 14.8 Å². The molecule has 0 heterocycles. The lowest BCUT2D eigenvalue weighted by Gasteiger charge is -2.03. The highest BCUT2D eigenvalue weighted by atomic mass is 16.6. The van der Waals surface area contributed by atoms with E-state index in [0.29, 0.717) is 6.42 Å².